The van der Waals surface area contributed by atoms with Crippen molar-refractivity contribution in [3.63, 3.8) is 0 Å². The van der Waals surface area contributed by atoms with Crippen molar-refractivity contribution >= 4 is 34.2 Å². The second-order valence-corrected chi connectivity index (χ2v) is 7.66. The lowest BCUT2D eigenvalue weighted by Crippen LogP contribution is -2.10. The van der Waals surface area contributed by atoms with E-state index in [-0.39, 0.29) is 17.5 Å². The SMILES string of the molecule is Cc1ccc(-c2ccc(C(=O)Nc3ccc4nn(-c5ccc(F)cc5)nc4c3)o2)cc1Cl. The van der Waals surface area contributed by atoms with Crippen LogP contribution in [0.4, 0.5) is 10.1 Å². The van der Waals surface area contributed by atoms with Gasteiger partial charge in [-0.1, -0.05) is 23.7 Å². The minimum atomic E-state index is -0.389. The number of aryl methyl sites for hydroxylation is 1. The summed E-state index contributed by atoms with van der Waals surface area (Å²) < 4.78 is 18.9. The molecule has 0 spiro atoms. The van der Waals surface area contributed by atoms with Gasteiger partial charge in [-0.2, -0.15) is 4.80 Å². The van der Waals surface area contributed by atoms with Gasteiger partial charge in [0.1, 0.15) is 22.6 Å². The molecule has 2 aromatic heterocycles. The van der Waals surface area contributed by atoms with Crippen molar-refractivity contribution in [2.45, 2.75) is 6.92 Å². The average Bonchev–Trinajstić information content (AvgIpc) is 3.43. The number of carbonyl (C=O) groups excluding carboxylic acids is 1. The van der Waals surface area contributed by atoms with Gasteiger partial charge in [0, 0.05) is 16.3 Å². The van der Waals surface area contributed by atoms with Gasteiger partial charge in [0.05, 0.1) is 5.69 Å². The van der Waals surface area contributed by atoms with Crippen LogP contribution in [0.2, 0.25) is 5.02 Å². The number of hydrogen-bond donors (Lipinski definition) is 1. The molecule has 32 heavy (non-hydrogen) atoms. The summed E-state index contributed by atoms with van der Waals surface area (Å²) in [6.45, 7) is 1.92. The number of nitrogens with zero attached hydrogens (tertiary/aromatic N) is 3. The Morgan fingerprint density at radius 2 is 1.75 bits per heavy atom. The maximum absolute atomic E-state index is 13.1. The van der Waals surface area contributed by atoms with Gasteiger partial charge in [-0.05, 0) is 73.2 Å². The molecule has 5 aromatic rings. The third-order valence-electron chi connectivity index (χ3n) is 4.98. The Balaban J connectivity index is 1.36. The molecule has 6 nitrogen and oxygen atoms in total. The van der Waals surface area contributed by atoms with Crippen molar-refractivity contribution in [3.8, 4) is 17.0 Å². The van der Waals surface area contributed by atoms with Crippen LogP contribution in [-0.4, -0.2) is 20.9 Å². The van der Waals surface area contributed by atoms with Crippen molar-refractivity contribution in [1.82, 2.24) is 15.0 Å². The molecule has 5 rings (SSSR count). The van der Waals surface area contributed by atoms with Crippen LogP contribution < -0.4 is 5.32 Å². The second-order valence-electron chi connectivity index (χ2n) is 7.25. The maximum Gasteiger partial charge on any atom is 0.291 e. The molecule has 0 bridgehead atoms. The smallest absolute Gasteiger partial charge is 0.291 e. The summed E-state index contributed by atoms with van der Waals surface area (Å²) in [4.78, 5) is 14.1. The van der Waals surface area contributed by atoms with Gasteiger partial charge in [-0.15, -0.1) is 10.2 Å². The normalized spacial score (nSPS) is 11.1. The zero-order valence-corrected chi connectivity index (χ0v) is 17.6. The molecule has 1 amide bonds. The fraction of sp³-hybridized carbons (Fsp3) is 0.0417. The highest BCUT2D eigenvalue weighted by atomic mass is 35.5. The van der Waals surface area contributed by atoms with E-state index in [9.17, 15) is 9.18 Å². The first-order valence-corrected chi connectivity index (χ1v) is 10.1. The standard InChI is InChI=1S/C24H16ClFN4O2/c1-14-2-3-15(12-19(14)25)22-10-11-23(32-22)24(31)27-17-6-9-20-21(13-17)29-30(28-20)18-7-4-16(26)5-8-18/h2-13H,1H3,(H,27,31). The quantitative estimate of drug-likeness (QED) is 0.365. The molecule has 0 unspecified atom stereocenters. The minimum absolute atomic E-state index is 0.173. The largest absolute Gasteiger partial charge is 0.451 e. The number of carbonyl (C=O) groups is 1. The van der Waals surface area contributed by atoms with E-state index < -0.39 is 0 Å². The highest BCUT2D eigenvalue weighted by Gasteiger charge is 2.14. The first kappa shape index (κ1) is 20.0. The van der Waals surface area contributed by atoms with E-state index >= 15 is 0 Å². The van der Waals surface area contributed by atoms with Crippen molar-refractivity contribution < 1.29 is 13.6 Å². The average molecular weight is 447 g/mol. The lowest BCUT2D eigenvalue weighted by molar-refractivity contribution is 0.0997. The molecule has 0 radical (unpaired) electrons. The van der Waals surface area contributed by atoms with Crippen LogP contribution in [0.5, 0.6) is 0 Å². The number of anilines is 1. The van der Waals surface area contributed by atoms with Crippen LogP contribution in [0, 0.1) is 12.7 Å². The van der Waals surface area contributed by atoms with Crippen molar-refractivity contribution in [2.24, 2.45) is 0 Å². The van der Waals surface area contributed by atoms with Gasteiger partial charge < -0.3 is 9.73 Å². The summed E-state index contributed by atoms with van der Waals surface area (Å²) in [6.07, 6.45) is 0. The van der Waals surface area contributed by atoms with Crippen LogP contribution >= 0.6 is 11.6 Å². The zero-order valence-electron chi connectivity index (χ0n) is 16.8. The fourth-order valence-electron chi connectivity index (χ4n) is 3.24. The van der Waals surface area contributed by atoms with Gasteiger partial charge in [-0.25, -0.2) is 4.39 Å². The van der Waals surface area contributed by atoms with E-state index in [0.29, 0.717) is 33.2 Å². The number of hydrogen-bond acceptors (Lipinski definition) is 4. The molecular formula is C24H16ClFN4O2. The summed E-state index contributed by atoms with van der Waals surface area (Å²) in [6, 6.07) is 20.0. The first-order valence-electron chi connectivity index (χ1n) is 9.77. The Morgan fingerprint density at radius 1 is 0.969 bits per heavy atom. The van der Waals surface area contributed by atoms with Gasteiger partial charge in [-0.3, -0.25) is 4.79 Å². The number of aromatic nitrogens is 3. The Hall–Kier alpha value is -3.97. The third-order valence-corrected chi connectivity index (χ3v) is 5.39. The van der Waals surface area contributed by atoms with E-state index in [1.165, 1.54) is 16.9 Å². The molecule has 3 aromatic carbocycles. The van der Waals surface area contributed by atoms with Crippen LogP contribution in [0.15, 0.2) is 77.2 Å². The molecule has 2 heterocycles. The van der Waals surface area contributed by atoms with Crippen molar-refractivity contribution in [2.75, 3.05) is 5.32 Å². The monoisotopic (exact) mass is 446 g/mol. The second kappa shape index (κ2) is 7.94. The van der Waals surface area contributed by atoms with Crippen molar-refractivity contribution in [1.29, 1.82) is 0 Å². The molecule has 0 aliphatic rings. The Kier molecular flexibility index (Phi) is 4.95. The number of amides is 1. The Bertz CT molecular complexity index is 1460. The van der Waals surface area contributed by atoms with Gasteiger partial charge in [0.25, 0.3) is 5.91 Å². The van der Waals surface area contributed by atoms with Crippen LogP contribution in [0.1, 0.15) is 16.1 Å². The minimum Gasteiger partial charge on any atom is -0.451 e. The van der Waals surface area contributed by atoms with Gasteiger partial charge in [0.15, 0.2) is 5.76 Å². The lowest BCUT2D eigenvalue weighted by Gasteiger charge is -2.03. The third kappa shape index (κ3) is 3.86. The molecule has 0 saturated carbocycles. The number of rotatable bonds is 4. The summed E-state index contributed by atoms with van der Waals surface area (Å²) in [7, 11) is 0. The first-order chi connectivity index (χ1) is 15.5. The number of nitrogens with one attached hydrogen (secondary N) is 1. The lowest BCUT2D eigenvalue weighted by atomic mass is 10.1. The molecule has 0 atom stereocenters. The highest BCUT2D eigenvalue weighted by Crippen LogP contribution is 2.27. The molecule has 0 aliphatic carbocycles. The number of fused-ring (bicyclic) bond motifs is 1. The topological polar surface area (TPSA) is 73.0 Å². The molecule has 1 N–H and O–H groups in total. The summed E-state index contributed by atoms with van der Waals surface area (Å²) in [5.41, 5.74) is 4.16. The summed E-state index contributed by atoms with van der Waals surface area (Å²) >= 11 is 6.19. The fourth-order valence-corrected chi connectivity index (χ4v) is 3.42. The highest BCUT2D eigenvalue weighted by molar-refractivity contribution is 6.31. The van der Waals surface area contributed by atoms with E-state index in [4.69, 9.17) is 16.0 Å². The van der Waals surface area contributed by atoms with Gasteiger partial charge in [0.2, 0.25) is 0 Å². The zero-order chi connectivity index (χ0) is 22.2. The molecule has 0 fully saturated rings. The Morgan fingerprint density at radius 3 is 2.53 bits per heavy atom. The number of furan rings is 1. The van der Waals surface area contributed by atoms with Crippen LogP contribution in [-0.2, 0) is 0 Å². The molecule has 0 aliphatic heterocycles. The van der Waals surface area contributed by atoms with Crippen molar-refractivity contribution in [3.05, 3.63) is 95.0 Å². The van der Waals surface area contributed by atoms with Gasteiger partial charge >= 0.3 is 0 Å². The molecule has 158 valence electrons. The van der Waals surface area contributed by atoms with E-state index in [1.807, 2.05) is 19.1 Å². The van der Waals surface area contributed by atoms with Crippen LogP contribution in [0.3, 0.4) is 0 Å². The number of benzene rings is 3. The predicted octanol–water partition coefficient (Wildman–Crippen LogP) is 6.03. The van der Waals surface area contributed by atoms with E-state index in [1.54, 1.807) is 48.5 Å². The van der Waals surface area contributed by atoms with Crippen LogP contribution in [0.25, 0.3) is 28.0 Å². The maximum atomic E-state index is 13.1. The summed E-state index contributed by atoms with van der Waals surface area (Å²) in [5, 5.41) is 12.2. The Labute approximate surface area is 187 Å². The molecule has 8 heteroatoms. The summed E-state index contributed by atoms with van der Waals surface area (Å²) in [5.74, 6) is 0.00302. The molecule has 0 saturated heterocycles. The predicted molar refractivity (Wildman–Crippen MR) is 121 cm³/mol. The van der Waals surface area contributed by atoms with E-state index in [0.717, 1.165) is 11.1 Å². The number of halogens is 2. The molecular weight excluding hydrogens is 431 g/mol. The van der Waals surface area contributed by atoms with E-state index in [2.05, 4.69) is 15.5 Å².